The Kier molecular flexibility index (Phi) is 9.89. The summed E-state index contributed by atoms with van der Waals surface area (Å²) >= 11 is 0.194. The summed E-state index contributed by atoms with van der Waals surface area (Å²) in [6.07, 6.45) is 7.21. The average Bonchev–Trinajstić information content (AvgIpc) is 2.89. The van der Waals surface area contributed by atoms with Crippen molar-refractivity contribution in [3.05, 3.63) is 108 Å². The zero-order chi connectivity index (χ0) is 25.0. The van der Waals surface area contributed by atoms with Crippen LogP contribution in [0.5, 0.6) is 0 Å². The Bertz CT molecular complexity index is 1350. The first-order chi connectivity index (χ1) is 17.0. The van der Waals surface area contributed by atoms with Crippen molar-refractivity contribution < 1.29 is 23.4 Å². The van der Waals surface area contributed by atoms with Crippen LogP contribution in [0.4, 0.5) is 0 Å². The number of hydrogen-bond donors (Lipinski definition) is 1. The predicted molar refractivity (Wildman–Crippen MR) is 135 cm³/mol. The van der Waals surface area contributed by atoms with E-state index in [9.17, 15) is 0 Å². The molecular formula is C24H17Cl2FeN5O3. The molecule has 0 saturated carbocycles. The summed E-state index contributed by atoms with van der Waals surface area (Å²) in [7, 11) is 9.53. The number of hydrogen-bond acceptors (Lipinski definition) is 6. The number of aromatic nitrogens is 4. The maximum absolute atomic E-state index is 8.36. The van der Waals surface area contributed by atoms with Gasteiger partial charge in [-0.3, -0.25) is 19.9 Å². The normalized spacial score (nSPS) is 10.0. The molecule has 0 aliphatic rings. The second kappa shape index (κ2) is 13.3. The molecule has 0 unspecified atom stereocenters. The van der Waals surface area contributed by atoms with Gasteiger partial charge in [0.2, 0.25) is 0 Å². The SMILES string of the molecule is O=[N+]([O-])O.[Cl][Fe][Cl].c1cnc2c(c1)ccc1cccnc12.c1cnc2c(c1)ccc1cccnc12. The van der Waals surface area contributed by atoms with Crippen molar-refractivity contribution in [2.45, 2.75) is 0 Å². The molecule has 4 aromatic heterocycles. The molecule has 6 aromatic rings. The van der Waals surface area contributed by atoms with Gasteiger partial charge in [-0.05, 0) is 24.3 Å². The number of fused-ring (bicyclic) bond motifs is 6. The Labute approximate surface area is 214 Å². The second-order valence-corrected chi connectivity index (χ2v) is 8.54. The largest absolute Gasteiger partial charge is 0.254 e. The van der Waals surface area contributed by atoms with E-state index in [0.29, 0.717) is 0 Å². The molecule has 4 heterocycles. The number of rotatable bonds is 0. The topological polar surface area (TPSA) is 115 Å². The molecular weight excluding hydrogens is 533 g/mol. The summed E-state index contributed by atoms with van der Waals surface area (Å²) in [6, 6.07) is 24.3. The van der Waals surface area contributed by atoms with Crippen molar-refractivity contribution in [3.8, 4) is 0 Å². The maximum atomic E-state index is 8.36. The van der Waals surface area contributed by atoms with Crippen LogP contribution in [0.15, 0.2) is 97.6 Å². The van der Waals surface area contributed by atoms with Crippen molar-refractivity contribution in [2.75, 3.05) is 0 Å². The standard InChI is InChI=1S/2C12H8N2.2ClH.Fe.HNO3/c2*1-3-9-5-6-10-4-2-8-14-12(10)11(9)13-7-1;;;;2-1(3)4/h2*1-8H;2*1H;;(H,2,3,4)/q;;;;+2;/p-2. The van der Waals surface area contributed by atoms with Crippen LogP contribution in [0.3, 0.4) is 0 Å². The molecule has 0 saturated heterocycles. The number of nitrogens with zero attached hydrogens (tertiary/aromatic N) is 5. The van der Waals surface area contributed by atoms with Gasteiger partial charge in [0.05, 0.1) is 22.1 Å². The quantitative estimate of drug-likeness (QED) is 0.0982. The third-order valence-corrected chi connectivity index (χ3v) is 4.69. The first kappa shape index (κ1) is 26.0. The van der Waals surface area contributed by atoms with E-state index in [1.165, 1.54) is 0 Å². The van der Waals surface area contributed by atoms with Gasteiger partial charge in [-0.25, -0.2) is 0 Å². The summed E-state index contributed by atoms with van der Waals surface area (Å²) in [5, 5.41) is 18.2. The van der Waals surface area contributed by atoms with E-state index in [1.54, 1.807) is 24.8 Å². The van der Waals surface area contributed by atoms with Crippen LogP contribution in [0.2, 0.25) is 0 Å². The first-order valence-corrected chi connectivity index (χ1v) is 12.9. The van der Waals surface area contributed by atoms with Crippen LogP contribution in [0.25, 0.3) is 43.6 Å². The fraction of sp³-hybridized carbons (Fsp3) is 0. The van der Waals surface area contributed by atoms with Crippen LogP contribution in [0, 0.1) is 10.1 Å². The Balaban J connectivity index is 0.000000156. The predicted octanol–water partition coefficient (Wildman–Crippen LogP) is 6.59. The molecule has 0 radical (unpaired) electrons. The molecule has 1 N–H and O–H groups in total. The molecule has 6 rings (SSSR count). The number of benzene rings is 2. The first-order valence-electron chi connectivity index (χ1n) is 9.90. The zero-order valence-electron chi connectivity index (χ0n) is 17.8. The molecule has 35 heavy (non-hydrogen) atoms. The van der Waals surface area contributed by atoms with Crippen LogP contribution >= 0.6 is 20.2 Å². The summed E-state index contributed by atoms with van der Waals surface area (Å²) < 4.78 is 0. The third kappa shape index (κ3) is 7.18. The van der Waals surface area contributed by atoms with E-state index in [0.717, 1.165) is 43.6 Å². The maximum Gasteiger partial charge on any atom is 0.0964 e. The van der Waals surface area contributed by atoms with Gasteiger partial charge in [0, 0.05) is 46.3 Å². The number of halogens is 2. The molecule has 0 aliphatic heterocycles. The minimum Gasteiger partial charge on any atom is -0.254 e. The molecule has 11 heteroatoms. The summed E-state index contributed by atoms with van der Waals surface area (Å²) in [4.78, 5) is 25.7. The number of pyridine rings is 4. The monoisotopic (exact) mass is 549 g/mol. The summed E-state index contributed by atoms with van der Waals surface area (Å²) in [5.41, 5.74) is 3.91. The molecule has 0 aliphatic carbocycles. The fourth-order valence-electron chi connectivity index (χ4n) is 3.36. The summed E-state index contributed by atoms with van der Waals surface area (Å²) in [6.45, 7) is 0. The van der Waals surface area contributed by atoms with Gasteiger partial charge in [-0.2, -0.15) is 0 Å². The van der Waals surface area contributed by atoms with Crippen LogP contribution in [0.1, 0.15) is 0 Å². The van der Waals surface area contributed by atoms with Gasteiger partial charge >= 0.3 is 33.3 Å². The van der Waals surface area contributed by atoms with Gasteiger partial charge in [0.25, 0.3) is 5.09 Å². The molecule has 0 amide bonds. The van der Waals surface area contributed by atoms with Crippen molar-refractivity contribution in [1.29, 1.82) is 0 Å². The van der Waals surface area contributed by atoms with E-state index >= 15 is 0 Å². The molecule has 0 fully saturated rings. The Hall–Kier alpha value is -3.62. The van der Waals surface area contributed by atoms with Crippen LogP contribution in [-0.4, -0.2) is 30.2 Å². The van der Waals surface area contributed by atoms with E-state index in [-0.39, 0.29) is 13.1 Å². The van der Waals surface area contributed by atoms with Crippen LogP contribution < -0.4 is 0 Å². The zero-order valence-corrected chi connectivity index (χ0v) is 20.5. The Morgan fingerprint density at radius 3 is 1.00 bits per heavy atom. The van der Waals surface area contributed by atoms with Gasteiger partial charge in [-0.1, -0.05) is 48.5 Å². The third-order valence-electron chi connectivity index (χ3n) is 4.69. The second-order valence-electron chi connectivity index (χ2n) is 6.72. The van der Waals surface area contributed by atoms with Gasteiger partial charge in [0.1, 0.15) is 0 Å². The molecule has 0 bridgehead atoms. The van der Waals surface area contributed by atoms with Gasteiger partial charge in [0.15, 0.2) is 0 Å². The van der Waals surface area contributed by atoms with Crippen molar-refractivity contribution in [1.82, 2.24) is 19.9 Å². The Morgan fingerprint density at radius 1 is 0.600 bits per heavy atom. The molecule has 0 spiro atoms. The molecule has 178 valence electrons. The average molecular weight is 550 g/mol. The van der Waals surface area contributed by atoms with E-state index in [4.69, 9.17) is 35.5 Å². The smallest absolute Gasteiger partial charge is 0.0964 e. The minimum atomic E-state index is -1.50. The van der Waals surface area contributed by atoms with Crippen molar-refractivity contribution in [2.24, 2.45) is 0 Å². The molecule has 8 nitrogen and oxygen atoms in total. The van der Waals surface area contributed by atoms with Crippen molar-refractivity contribution in [3.63, 3.8) is 0 Å². The fourth-order valence-corrected chi connectivity index (χ4v) is 3.36. The van der Waals surface area contributed by atoms with Gasteiger partial charge < -0.3 is 5.21 Å². The minimum absolute atomic E-state index is 0.194. The van der Waals surface area contributed by atoms with E-state index in [2.05, 4.69) is 68.5 Å². The molecule has 2 aromatic carbocycles. The van der Waals surface area contributed by atoms with Gasteiger partial charge in [-0.15, -0.1) is 10.1 Å². The van der Waals surface area contributed by atoms with E-state index in [1.807, 2.05) is 24.3 Å². The molecule has 0 atom stereocenters. The summed E-state index contributed by atoms with van der Waals surface area (Å²) in [5.74, 6) is 0. The van der Waals surface area contributed by atoms with Crippen molar-refractivity contribution >= 4 is 63.8 Å². The Morgan fingerprint density at radius 2 is 0.800 bits per heavy atom. The van der Waals surface area contributed by atoms with Crippen LogP contribution in [-0.2, 0) is 13.1 Å². The van der Waals surface area contributed by atoms with E-state index < -0.39 is 5.09 Å².